The number of hydrogen-bond acceptors (Lipinski definition) is 4. The Balaban J connectivity index is 2.16. The number of carbonyl (C=O) groups is 1. The SMILES string of the molecule is CNS(=O)(=O)c1ccc(NC(=O)c2sccc2Br)cc1. The van der Waals surface area contributed by atoms with Crippen LogP contribution in [0, 0.1) is 0 Å². The van der Waals surface area contributed by atoms with Crippen molar-refractivity contribution >= 4 is 48.9 Å². The lowest BCUT2D eigenvalue weighted by Crippen LogP contribution is -2.18. The highest BCUT2D eigenvalue weighted by atomic mass is 79.9. The lowest BCUT2D eigenvalue weighted by atomic mass is 10.3. The first-order valence-electron chi connectivity index (χ1n) is 5.52. The van der Waals surface area contributed by atoms with E-state index in [9.17, 15) is 13.2 Å². The lowest BCUT2D eigenvalue weighted by Gasteiger charge is -2.06. The maximum atomic E-state index is 12.0. The van der Waals surface area contributed by atoms with Crippen molar-refractivity contribution in [3.8, 4) is 0 Å². The lowest BCUT2D eigenvalue weighted by molar-refractivity contribution is 0.103. The van der Waals surface area contributed by atoms with E-state index in [2.05, 4.69) is 26.0 Å². The van der Waals surface area contributed by atoms with Gasteiger partial charge in [0.2, 0.25) is 10.0 Å². The van der Waals surface area contributed by atoms with E-state index in [1.165, 1.54) is 30.5 Å². The first-order chi connectivity index (χ1) is 9.44. The number of anilines is 1. The fraction of sp³-hybridized carbons (Fsp3) is 0.0833. The molecule has 2 aromatic rings. The molecular weight excluding hydrogens is 364 g/mol. The average molecular weight is 375 g/mol. The number of thiophene rings is 1. The van der Waals surface area contributed by atoms with Crippen molar-refractivity contribution in [2.24, 2.45) is 0 Å². The summed E-state index contributed by atoms with van der Waals surface area (Å²) in [4.78, 5) is 12.7. The molecule has 0 saturated heterocycles. The largest absolute Gasteiger partial charge is 0.321 e. The molecule has 0 aliphatic carbocycles. The molecule has 2 rings (SSSR count). The molecule has 0 spiro atoms. The monoisotopic (exact) mass is 374 g/mol. The van der Waals surface area contributed by atoms with Crippen LogP contribution in [0.25, 0.3) is 0 Å². The highest BCUT2D eigenvalue weighted by Gasteiger charge is 2.13. The fourth-order valence-corrected chi connectivity index (χ4v) is 3.66. The molecule has 2 N–H and O–H groups in total. The predicted molar refractivity (Wildman–Crippen MR) is 82.7 cm³/mol. The quantitative estimate of drug-likeness (QED) is 0.863. The van der Waals surface area contributed by atoms with Crippen LogP contribution in [0.15, 0.2) is 45.1 Å². The second kappa shape index (κ2) is 6.04. The number of carbonyl (C=O) groups excluding carboxylic acids is 1. The van der Waals surface area contributed by atoms with Gasteiger partial charge < -0.3 is 5.32 Å². The summed E-state index contributed by atoms with van der Waals surface area (Å²) in [7, 11) is -2.11. The minimum atomic E-state index is -3.46. The molecular formula is C12H11BrN2O3S2. The maximum Gasteiger partial charge on any atom is 0.266 e. The molecule has 0 saturated carbocycles. The van der Waals surface area contributed by atoms with Crippen LogP contribution >= 0.6 is 27.3 Å². The third-order valence-electron chi connectivity index (χ3n) is 2.51. The molecule has 1 amide bonds. The number of sulfonamides is 1. The van der Waals surface area contributed by atoms with Gasteiger partial charge in [-0.25, -0.2) is 13.1 Å². The summed E-state index contributed by atoms with van der Waals surface area (Å²) in [5, 5.41) is 4.52. The Morgan fingerprint density at radius 2 is 1.85 bits per heavy atom. The van der Waals surface area contributed by atoms with Crippen LogP contribution in [-0.2, 0) is 10.0 Å². The number of amides is 1. The number of rotatable bonds is 4. The smallest absolute Gasteiger partial charge is 0.266 e. The van der Waals surface area contributed by atoms with Crippen molar-refractivity contribution in [3.05, 3.63) is 45.1 Å². The maximum absolute atomic E-state index is 12.0. The molecule has 0 bridgehead atoms. The van der Waals surface area contributed by atoms with Crippen molar-refractivity contribution in [1.29, 1.82) is 0 Å². The minimum absolute atomic E-state index is 0.148. The van der Waals surface area contributed by atoms with Gasteiger partial charge in [0, 0.05) is 10.2 Å². The molecule has 1 aromatic carbocycles. The van der Waals surface area contributed by atoms with Crippen LogP contribution < -0.4 is 10.0 Å². The third kappa shape index (κ3) is 3.26. The van der Waals surface area contributed by atoms with Gasteiger partial charge in [0.05, 0.1) is 4.90 Å². The molecule has 1 aromatic heterocycles. The van der Waals surface area contributed by atoms with Gasteiger partial charge in [0.25, 0.3) is 5.91 Å². The van der Waals surface area contributed by atoms with Crippen molar-refractivity contribution in [1.82, 2.24) is 4.72 Å². The number of nitrogens with one attached hydrogen (secondary N) is 2. The van der Waals surface area contributed by atoms with Crippen molar-refractivity contribution in [3.63, 3.8) is 0 Å². The molecule has 106 valence electrons. The van der Waals surface area contributed by atoms with E-state index in [-0.39, 0.29) is 10.8 Å². The first-order valence-corrected chi connectivity index (χ1v) is 8.67. The summed E-state index contributed by atoms with van der Waals surface area (Å²) >= 11 is 4.61. The molecule has 0 fully saturated rings. The second-order valence-electron chi connectivity index (χ2n) is 3.78. The predicted octanol–water partition coefficient (Wildman–Crippen LogP) is 2.67. The molecule has 1 heterocycles. The van der Waals surface area contributed by atoms with E-state index in [0.717, 1.165) is 4.47 Å². The van der Waals surface area contributed by atoms with Crippen LogP contribution in [0.2, 0.25) is 0 Å². The summed E-state index contributed by atoms with van der Waals surface area (Å²) in [6.07, 6.45) is 0. The van der Waals surface area contributed by atoms with Gasteiger partial charge in [-0.05, 0) is 58.7 Å². The molecule has 8 heteroatoms. The van der Waals surface area contributed by atoms with Crippen LogP contribution in [-0.4, -0.2) is 21.4 Å². The highest BCUT2D eigenvalue weighted by molar-refractivity contribution is 9.10. The van der Waals surface area contributed by atoms with E-state index >= 15 is 0 Å². The standard InChI is InChI=1S/C12H11BrN2O3S2/c1-14-20(17,18)9-4-2-8(3-5-9)15-12(16)11-10(13)6-7-19-11/h2-7,14H,1H3,(H,15,16). The number of halogens is 1. The van der Waals surface area contributed by atoms with Gasteiger partial charge in [0.15, 0.2) is 0 Å². The molecule has 0 unspecified atom stereocenters. The van der Waals surface area contributed by atoms with Gasteiger partial charge in [-0.1, -0.05) is 0 Å². The number of benzene rings is 1. The number of hydrogen-bond donors (Lipinski definition) is 2. The van der Waals surface area contributed by atoms with E-state index < -0.39 is 10.0 Å². The Labute approximate surface area is 129 Å². The van der Waals surface area contributed by atoms with Gasteiger partial charge in [-0.3, -0.25) is 4.79 Å². The summed E-state index contributed by atoms with van der Waals surface area (Å²) in [6, 6.07) is 7.76. The van der Waals surface area contributed by atoms with Crippen LogP contribution in [0.3, 0.4) is 0 Å². The zero-order valence-electron chi connectivity index (χ0n) is 10.4. The Kier molecular flexibility index (Phi) is 4.59. The summed E-state index contributed by atoms with van der Waals surface area (Å²) in [6.45, 7) is 0. The van der Waals surface area contributed by atoms with E-state index in [0.29, 0.717) is 10.6 Å². The molecule has 5 nitrogen and oxygen atoms in total. The third-order valence-corrected chi connectivity index (χ3v) is 5.78. The molecule has 0 aliphatic rings. The molecule has 0 aliphatic heterocycles. The second-order valence-corrected chi connectivity index (χ2v) is 7.44. The van der Waals surface area contributed by atoms with E-state index in [1.807, 2.05) is 5.38 Å². The van der Waals surface area contributed by atoms with Gasteiger partial charge >= 0.3 is 0 Å². The van der Waals surface area contributed by atoms with Crippen molar-refractivity contribution in [2.75, 3.05) is 12.4 Å². The van der Waals surface area contributed by atoms with Gasteiger partial charge in [-0.2, -0.15) is 0 Å². The Morgan fingerprint density at radius 1 is 1.20 bits per heavy atom. The van der Waals surface area contributed by atoms with Crippen LogP contribution in [0.5, 0.6) is 0 Å². The van der Waals surface area contributed by atoms with Gasteiger partial charge in [-0.15, -0.1) is 11.3 Å². The zero-order chi connectivity index (χ0) is 14.8. The first kappa shape index (κ1) is 15.2. The molecule has 20 heavy (non-hydrogen) atoms. The van der Waals surface area contributed by atoms with Crippen molar-refractivity contribution < 1.29 is 13.2 Å². The van der Waals surface area contributed by atoms with Gasteiger partial charge in [0.1, 0.15) is 4.88 Å². The Bertz CT molecular complexity index is 723. The summed E-state index contributed by atoms with van der Waals surface area (Å²) in [5.74, 6) is -0.240. The Morgan fingerprint density at radius 3 is 2.35 bits per heavy atom. The average Bonchev–Trinajstić information content (AvgIpc) is 2.85. The van der Waals surface area contributed by atoms with E-state index in [1.54, 1.807) is 18.2 Å². The summed E-state index contributed by atoms with van der Waals surface area (Å²) in [5.41, 5.74) is 0.533. The normalized spacial score (nSPS) is 11.3. The summed E-state index contributed by atoms with van der Waals surface area (Å²) < 4.78 is 26.1. The fourth-order valence-electron chi connectivity index (χ4n) is 1.48. The highest BCUT2D eigenvalue weighted by Crippen LogP contribution is 2.24. The van der Waals surface area contributed by atoms with Crippen molar-refractivity contribution in [2.45, 2.75) is 4.90 Å². The molecule has 0 atom stereocenters. The Hall–Kier alpha value is -1.22. The zero-order valence-corrected chi connectivity index (χ0v) is 13.6. The molecule has 0 radical (unpaired) electrons. The van der Waals surface area contributed by atoms with Crippen LogP contribution in [0.4, 0.5) is 5.69 Å². The minimum Gasteiger partial charge on any atom is -0.321 e. The van der Waals surface area contributed by atoms with Crippen LogP contribution in [0.1, 0.15) is 9.67 Å². The topological polar surface area (TPSA) is 75.3 Å². The van der Waals surface area contributed by atoms with E-state index in [4.69, 9.17) is 0 Å².